The van der Waals surface area contributed by atoms with Gasteiger partial charge in [-0.3, -0.25) is 4.90 Å². The molecule has 1 saturated heterocycles. The molecule has 1 amide bonds. The molecule has 29 heavy (non-hydrogen) atoms. The van der Waals surface area contributed by atoms with Crippen molar-refractivity contribution in [1.82, 2.24) is 9.80 Å². The van der Waals surface area contributed by atoms with Crippen LogP contribution in [0.2, 0.25) is 0 Å². The smallest absolute Gasteiger partial charge is 0.410 e. The standard InChI is InChI=1S/C25H34N2O2/c1-25(2,3)29-24(28)27-18-17-26(19-22-13-8-5-9-14-22)20-23(27)16-10-15-21-11-6-4-7-12-21/h4-9,11-14,23H,10,15-20H2,1-3H3/t23-/m1/s1. The molecule has 2 aromatic carbocycles. The molecule has 0 aromatic heterocycles. The first-order valence-electron chi connectivity index (χ1n) is 10.7. The minimum absolute atomic E-state index is 0.179. The van der Waals surface area contributed by atoms with Crippen molar-refractivity contribution in [1.29, 1.82) is 0 Å². The SMILES string of the molecule is CC(C)(C)OC(=O)N1CCN(Cc2ccccc2)C[C@H]1CCCc1ccccc1. The Balaban J connectivity index is 1.62. The maximum Gasteiger partial charge on any atom is 0.410 e. The van der Waals surface area contributed by atoms with E-state index in [1.54, 1.807) is 0 Å². The predicted molar refractivity (Wildman–Crippen MR) is 118 cm³/mol. The Hall–Kier alpha value is -2.33. The third-order valence-electron chi connectivity index (χ3n) is 5.29. The van der Waals surface area contributed by atoms with Gasteiger partial charge in [0.25, 0.3) is 0 Å². The van der Waals surface area contributed by atoms with Gasteiger partial charge in [-0.15, -0.1) is 0 Å². The first-order valence-corrected chi connectivity index (χ1v) is 10.7. The van der Waals surface area contributed by atoms with Crippen molar-refractivity contribution in [2.24, 2.45) is 0 Å². The summed E-state index contributed by atoms with van der Waals surface area (Å²) in [5, 5.41) is 0. The number of hydrogen-bond acceptors (Lipinski definition) is 3. The number of piperazine rings is 1. The highest BCUT2D eigenvalue weighted by Crippen LogP contribution is 2.21. The van der Waals surface area contributed by atoms with Gasteiger partial charge >= 0.3 is 6.09 Å². The number of aryl methyl sites for hydroxylation is 1. The summed E-state index contributed by atoms with van der Waals surface area (Å²) in [6.07, 6.45) is 2.91. The third-order valence-corrected chi connectivity index (χ3v) is 5.29. The van der Waals surface area contributed by atoms with E-state index in [-0.39, 0.29) is 12.1 Å². The lowest BCUT2D eigenvalue weighted by Crippen LogP contribution is -2.55. The van der Waals surface area contributed by atoms with Crippen LogP contribution in [-0.4, -0.2) is 47.2 Å². The Labute approximate surface area is 175 Å². The summed E-state index contributed by atoms with van der Waals surface area (Å²) in [6, 6.07) is 21.3. The van der Waals surface area contributed by atoms with Crippen molar-refractivity contribution in [2.75, 3.05) is 19.6 Å². The molecule has 0 bridgehead atoms. The molecule has 4 heteroatoms. The minimum Gasteiger partial charge on any atom is -0.444 e. The van der Waals surface area contributed by atoms with Crippen molar-refractivity contribution >= 4 is 6.09 Å². The molecule has 1 aliphatic heterocycles. The lowest BCUT2D eigenvalue weighted by Gasteiger charge is -2.42. The molecule has 1 atom stereocenters. The molecule has 1 fully saturated rings. The minimum atomic E-state index is -0.465. The quantitative estimate of drug-likeness (QED) is 0.681. The second-order valence-electron chi connectivity index (χ2n) is 8.93. The van der Waals surface area contributed by atoms with Crippen molar-refractivity contribution in [3.8, 4) is 0 Å². The summed E-state index contributed by atoms with van der Waals surface area (Å²) in [5.41, 5.74) is 2.21. The topological polar surface area (TPSA) is 32.8 Å². The van der Waals surface area contributed by atoms with E-state index in [0.29, 0.717) is 0 Å². The van der Waals surface area contributed by atoms with Gasteiger partial charge < -0.3 is 9.64 Å². The van der Waals surface area contributed by atoms with Crippen LogP contribution in [0.25, 0.3) is 0 Å². The highest BCUT2D eigenvalue weighted by Gasteiger charge is 2.32. The van der Waals surface area contributed by atoms with Gasteiger partial charge in [-0.1, -0.05) is 60.7 Å². The fourth-order valence-electron chi connectivity index (χ4n) is 3.90. The van der Waals surface area contributed by atoms with Crippen molar-refractivity contribution in [3.05, 3.63) is 71.8 Å². The molecular weight excluding hydrogens is 360 g/mol. The van der Waals surface area contributed by atoms with E-state index in [2.05, 4.69) is 65.6 Å². The molecule has 0 radical (unpaired) electrons. The maximum absolute atomic E-state index is 12.8. The van der Waals surface area contributed by atoms with Crippen LogP contribution >= 0.6 is 0 Å². The molecule has 1 aliphatic rings. The van der Waals surface area contributed by atoms with Gasteiger partial charge in [0.15, 0.2) is 0 Å². The van der Waals surface area contributed by atoms with E-state index in [0.717, 1.165) is 45.4 Å². The summed E-state index contributed by atoms with van der Waals surface area (Å²) >= 11 is 0. The number of amides is 1. The van der Waals surface area contributed by atoms with Gasteiger partial charge in [0, 0.05) is 32.2 Å². The second-order valence-corrected chi connectivity index (χ2v) is 8.93. The van der Waals surface area contributed by atoms with Crippen LogP contribution in [0.15, 0.2) is 60.7 Å². The fraction of sp³-hybridized carbons (Fsp3) is 0.480. The first kappa shape index (κ1) is 21.4. The zero-order valence-corrected chi connectivity index (χ0v) is 18.0. The molecular formula is C25H34N2O2. The maximum atomic E-state index is 12.8. The number of ether oxygens (including phenoxy) is 1. The van der Waals surface area contributed by atoms with E-state index in [4.69, 9.17) is 4.74 Å². The van der Waals surface area contributed by atoms with E-state index in [9.17, 15) is 4.79 Å². The third kappa shape index (κ3) is 6.90. The lowest BCUT2D eigenvalue weighted by atomic mass is 10.0. The monoisotopic (exact) mass is 394 g/mol. The van der Waals surface area contributed by atoms with Crippen LogP contribution < -0.4 is 0 Å². The number of hydrogen-bond donors (Lipinski definition) is 0. The molecule has 0 N–H and O–H groups in total. The Bertz CT molecular complexity index is 755. The molecule has 0 unspecified atom stereocenters. The summed E-state index contributed by atoms with van der Waals surface area (Å²) in [5.74, 6) is 0. The van der Waals surface area contributed by atoms with Crippen LogP contribution in [0.1, 0.15) is 44.7 Å². The number of benzene rings is 2. The average Bonchev–Trinajstić information content (AvgIpc) is 2.68. The highest BCUT2D eigenvalue weighted by atomic mass is 16.6. The summed E-state index contributed by atoms with van der Waals surface area (Å²) in [6.45, 7) is 9.21. The molecule has 3 rings (SSSR count). The number of carbonyl (C=O) groups is 1. The molecule has 0 saturated carbocycles. The summed E-state index contributed by atoms with van der Waals surface area (Å²) in [4.78, 5) is 17.2. The normalized spacial score (nSPS) is 17.9. The van der Waals surface area contributed by atoms with Crippen LogP contribution in [0.5, 0.6) is 0 Å². The van der Waals surface area contributed by atoms with Gasteiger partial charge in [-0.05, 0) is 51.2 Å². The summed E-state index contributed by atoms with van der Waals surface area (Å²) in [7, 11) is 0. The van der Waals surface area contributed by atoms with Crippen LogP contribution in [0, 0.1) is 0 Å². The second kappa shape index (κ2) is 9.93. The number of carbonyl (C=O) groups excluding carboxylic acids is 1. The Morgan fingerprint density at radius 1 is 0.966 bits per heavy atom. The zero-order valence-electron chi connectivity index (χ0n) is 18.0. The van der Waals surface area contributed by atoms with E-state index in [1.165, 1.54) is 11.1 Å². The summed E-state index contributed by atoms with van der Waals surface area (Å²) < 4.78 is 5.69. The van der Waals surface area contributed by atoms with Gasteiger partial charge in [0.1, 0.15) is 5.60 Å². The zero-order chi connectivity index (χ0) is 20.7. The predicted octanol–water partition coefficient (Wildman–Crippen LogP) is 5.13. The molecule has 0 aliphatic carbocycles. The highest BCUT2D eigenvalue weighted by molar-refractivity contribution is 5.68. The Morgan fingerprint density at radius 3 is 2.21 bits per heavy atom. The number of rotatable bonds is 6. The van der Waals surface area contributed by atoms with Crippen LogP contribution in [0.4, 0.5) is 4.79 Å². The number of nitrogens with zero attached hydrogens (tertiary/aromatic N) is 2. The molecule has 2 aromatic rings. The van der Waals surface area contributed by atoms with Gasteiger partial charge in [0.2, 0.25) is 0 Å². The van der Waals surface area contributed by atoms with E-state index in [1.807, 2.05) is 25.7 Å². The molecule has 1 heterocycles. The Kier molecular flexibility index (Phi) is 7.32. The molecule has 156 valence electrons. The van der Waals surface area contributed by atoms with E-state index < -0.39 is 5.60 Å². The van der Waals surface area contributed by atoms with E-state index >= 15 is 0 Å². The fourth-order valence-corrected chi connectivity index (χ4v) is 3.90. The lowest BCUT2D eigenvalue weighted by molar-refractivity contribution is -0.00404. The first-order chi connectivity index (χ1) is 13.9. The van der Waals surface area contributed by atoms with Gasteiger partial charge in [-0.2, -0.15) is 0 Å². The van der Waals surface area contributed by atoms with Gasteiger partial charge in [0.05, 0.1) is 0 Å². The molecule has 0 spiro atoms. The largest absolute Gasteiger partial charge is 0.444 e. The average molecular weight is 395 g/mol. The molecule has 4 nitrogen and oxygen atoms in total. The van der Waals surface area contributed by atoms with Crippen molar-refractivity contribution < 1.29 is 9.53 Å². The van der Waals surface area contributed by atoms with Crippen molar-refractivity contribution in [3.63, 3.8) is 0 Å². The van der Waals surface area contributed by atoms with Crippen LogP contribution in [0.3, 0.4) is 0 Å². The van der Waals surface area contributed by atoms with Crippen LogP contribution in [-0.2, 0) is 17.7 Å². The Morgan fingerprint density at radius 2 is 1.59 bits per heavy atom. The van der Waals surface area contributed by atoms with Crippen molar-refractivity contribution in [2.45, 2.75) is 58.2 Å². The van der Waals surface area contributed by atoms with Gasteiger partial charge in [-0.25, -0.2) is 4.79 Å².